The summed E-state index contributed by atoms with van der Waals surface area (Å²) in [5.74, 6) is -2.08. The highest BCUT2D eigenvalue weighted by molar-refractivity contribution is 5.98. The number of carboxylic acids is 1. The fourth-order valence-corrected chi connectivity index (χ4v) is 3.30. The lowest BCUT2D eigenvalue weighted by molar-refractivity contribution is -0.146. The first-order valence-corrected chi connectivity index (χ1v) is 8.98. The number of carbonyl (C=O) groups excluding carboxylic acids is 2. The van der Waals surface area contributed by atoms with E-state index in [9.17, 15) is 19.5 Å². The third-order valence-corrected chi connectivity index (χ3v) is 4.77. The topological polar surface area (TPSA) is 86.7 Å². The van der Waals surface area contributed by atoms with E-state index in [0.717, 1.165) is 0 Å². The van der Waals surface area contributed by atoms with Crippen LogP contribution in [-0.4, -0.2) is 40.9 Å². The molecule has 0 unspecified atom stereocenters. The molecule has 0 bridgehead atoms. The molecule has 2 atom stereocenters. The van der Waals surface area contributed by atoms with Crippen molar-refractivity contribution in [2.75, 3.05) is 13.1 Å². The zero-order valence-corrected chi connectivity index (χ0v) is 14.9. The minimum atomic E-state index is -0.892. The molecule has 1 fully saturated rings. The number of hydrogen-bond acceptors (Lipinski definition) is 3. The van der Waals surface area contributed by atoms with Gasteiger partial charge in [0.2, 0.25) is 5.91 Å². The van der Waals surface area contributed by atoms with Crippen molar-refractivity contribution in [2.45, 2.75) is 18.9 Å². The summed E-state index contributed by atoms with van der Waals surface area (Å²) in [4.78, 5) is 38.6. The predicted octanol–water partition coefficient (Wildman–Crippen LogP) is 2.48. The standard InChI is InChI=1S/C21H22N2O4/c24-19(16-10-5-2-6-11-16)22-18(15-8-3-1-4-9-15)20(25)23-13-7-12-17(14-23)21(26)27/h1-6,8-11,17-18H,7,12-14H2,(H,22,24)(H,26,27)/t17-,18-/m1/s1. The van der Waals surface area contributed by atoms with Gasteiger partial charge < -0.3 is 15.3 Å². The molecule has 1 aliphatic rings. The Morgan fingerprint density at radius 1 is 1.00 bits per heavy atom. The summed E-state index contributed by atoms with van der Waals surface area (Å²) in [6, 6.07) is 16.9. The van der Waals surface area contributed by atoms with Crippen molar-refractivity contribution in [2.24, 2.45) is 5.92 Å². The maximum absolute atomic E-state index is 13.2. The summed E-state index contributed by atoms with van der Waals surface area (Å²) in [6.07, 6.45) is 1.20. The molecule has 2 amide bonds. The zero-order chi connectivity index (χ0) is 19.2. The van der Waals surface area contributed by atoms with Gasteiger partial charge in [0.1, 0.15) is 6.04 Å². The summed E-state index contributed by atoms with van der Waals surface area (Å²) in [6.45, 7) is 0.659. The molecule has 2 aromatic carbocycles. The number of nitrogens with zero attached hydrogens (tertiary/aromatic N) is 1. The van der Waals surface area contributed by atoms with E-state index in [-0.39, 0.29) is 18.4 Å². The van der Waals surface area contributed by atoms with Gasteiger partial charge in [-0.05, 0) is 30.5 Å². The quantitative estimate of drug-likeness (QED) is 0.851. The minimum absolute atomic E-state index is 0.165. The Labute approximate surface area is 157 Å². The second-order valence-electron chi connectivity index (χ2n) is 6.64. The van der Waals surface area contributed by atoms with Crippen LogP contribution in [0.5, 0.6) is 0 Å². The van der Waals surface area contributed by atoms with E-state index in [1.807, 2.05) is 12.1 Å². The van der Waals surface area contributed by atoms with Crippen LogP contribution in [0.2, 0.25) is 0 Å². The number of rotatable bonds is 5. The molecule has 1 aliphatic heterocycles. The molecule has 2 N–H and O–H groups in total. The Bertz CT molecular complexity index is 807. The lowest BCUT2D eigenvalue weighted by Crippen LogP contribution is -2.48. The molecule has 1 heterocycles. The first-order valence-electron chi connectivity index (χ1n) is 8.98. The molecule has 6 nitrogen and oxygen atoms in total. The van der Waals surface area contributed by atoms with Crippen molar-refractivity contribution in [3.05, 3.63) is 71.8 Å². The molecular formula is C21H22N2O4. The van der Waals surface area contributed by atoms with Gasteiger partial charge in [-0.1, -0.05) is 48.5 Å². The summed E-state index contributed by atoms with van der Waals surface area (Å²) < 4.78 is 0. The maximum atomic E-state index is 13.2. The first-order chi connectivity index (χ1) is 13.1. The largest absolute Gasteiger partial charge is 0.481 e. The van der Waals surface area contributed by atoms with Crippen LogP contribution in [0.15, 0.2) is 60.7 Å². The van der Waals surface area contributed by atoms with Gasteiger partial charge in [0, 0.05) is 18.7 Å². The van der Waals surface area contributed by atoms with E-state index in [0.29, 0.717) is 30.5 Å². The predicted molar refractivity (Wildman–Crippen MR) is 100 cm³/mol. The molecule has 0 aromatic heterocycles. The highest BCUT2D eigenvalue weighted by Gasteiger charge is 2.33. The second-order valence-corrected chi connectivity index (χ2v) is 6.64. The van der Waals surface area contributed by atoms with E-state index >= 15 is 0 Å². The molecule has 140 valence electrons. The third-order valence-electron chi connectivity index (χ3n) is 4.77. The molecule has 0 aliphatic carbocycles. The average Bonchev–Trinajstić information content (AvgIpc) is 2.72. The molecule has 6 heteroatoms. The van der Waals surface area contributed by atoms with E-state index in [1.54, 1.807) is 53.4 Å². The molecule has 1 saturated heterocycles. The third kappa shape index (κ3) is 4.53. The van der Waals surface area contributed by atoms with Crippen molar-refractivity contribution < 1.29 is 19.5 Å². The Balaban J connectivity index is 1.83. The van der Waals surface area contributed by atoms with E-state index in [4.69, 9.17) is 0 Å². The van der Waals surface area contributed by atoms with Crippen LogP contribution in [0.25, 0.3) is 0 Å². The van der Waals surface area contributed by atoms with Gasteiger partial charge in [-0.15, -0.1) is 0 Å². The normalized spacial score (nSPS) is 17.8. The number of hydrogen-bond donors (Lipinski definition) is 2. The van der Waals surface area contributed by atoms with Gasteiger partial charge in [0.15, 0.2) is 0 Å². The van der Waals surface area contributed by atoms with Gasteiger partial charge in [0.25, 0.3) is 5.91 Å². The van der Waals surface area contributed by atoms with Crippen molar-refractivity contribution in [3.63, 3.8) is 0 Å². The van der Waals surface area contributed by atoms with Crippen molar-refractivity contribution in [1.29, 1.82) is 0 Å². The van der Waals surface area contributed by atoms with Crippen LogP contribution in [0.3, 0.4) is 0 Å². The number of carbonyl (C=O) groups is 3. The molecule has 0 spiro atoms. The van der Waals surface area contributed by atoms with E-state index in [2.05, 4.69) is 5.32 Å². The van der Waals surface area contributed by atoms with E-state index in [1.165, 1.54) is 0 Å². The van der Waals surface area contributed by atoms with Crippen molar-refractivity contribution >= 4 is 17.8 Å². The van der Waals surface area contributed by atoms with Gasteiger partial charge in [0.05, 0.1) is 5.92 Å². The molecule has 0 saturated carbocycles. The summed E-state index contributed by atoms with van der Waals surface area (Å²) in [5, 5.41) is 12.1. The fraction of sp³-hybridized carbons (Fsp3) is 0.286. The Morgan fingerprint density at radius 3 is 2.26 bits per heavy atom. The number of aliphatic carboxylic acids is 1. The molecular weight excluding hydrogens is 344 g/mol. The lowest BCUT2D eigenvalue weighted by atomic mass is 9.96. The van der Waals surface area contributed by atoms with Gasteiger partial charge >= 0.3 is 5.97 Å². The Morgan fingerprint density at radius 2 is 1.63 bits per heavy atom. The van der Waals surface area contributed by atoms with Crippen LogP contribution >= 0.6 is 0 Å². The average molecular weight is 366 g/mol. The van der Waals surface area contributed by atoms with Crippen molar-refractivity contribution in [1.82, 2.24) is 10.2 Å². The van der Waals surface area contributed by atoms with Crippen molar-refractivity contribution in [3.8, 4) is 0 Å². The van der Waals surface area contributed by atoms with Crippen LogP contribution < -0.4 is 5.32 Å². The van der Waals surface area contributed by atoms with Crippen LogP contribution in [0, 0.1) is 5.92 Å². The number of amides is 2. The van der Waals surface area contributed by atoms with Crippen LogP contribution in [0.4, 0.5) is 0 Å². The fourth-order valence-electron chi connectivity index (χ4n) is 3.30. The molecule has 0 radical (unpaired) electrons. The number of benzene rings is 2. The smallest absolute Gasteiger partial charge is 0.308 e. The summed E-state index contributed by atoms with van der Waals surface area (Å²) in [7, 11) is 0. The van der Waals surface area contributed by atoms with Crippen LogP contribution in [-0.2, 0) is 9.59 Å². The van der Waals surface area contributed by atoms with Crippen LogP contribution in [0.1, 0.15) is 34.8 Å². The second kappa shape index (κ2) is 8.49. The molecule has 3 rings (SSSR count). The monoisotopic (exact) mass is 366 g/mol. The van der Waals surface area contributed by atoms with Gasteiger partial charge in [-0.25, -0.2) is 0 Å². The Kier molecular flexibility index (Phi) is 5.86. The van der Waals surface area contributed by atoms with Gasteiger partial charge in [-0.3, -0.25) is 14.4 Å². The highest BCUT2D eigenvalue weighted by atomic mass is 16.4. The maximum Gasteiger partial charge on any atom is 0.308 e. The Hall–Kier alpha value is -3.15. The number of likely N-dealkylation sites (tertiary alicyclic amines) is 1. The SMILES string of the molecule is O=C(N[C@@H](C(=O)N1CCC[C@@H](C(=O)O)C1)c1ccccc1)c1ccccc1. The zero-order valence-electron chi connectivity index (χ0n) is 14.9. The lowest BCUT2D eigenvalue weighted by Gasteiger charge is -2.33. The number of piperidine rings is 1. The molecule has 27 heavy (non-hydrogen) atoms. The summed E-state index contributed by atoms with van der Waals surface area (Å²) in [5.41, 5.74) is 1.14. The highest BCUT2D eigenvalue weighted by Crippen LogP contribution is 2.22. The first kappa shape index (κ1) is 18.6. The molecule has 2 aromatic rings. The van der Waals surface area contributed by atoms with Gasteiger partial charge in [-0.2, -0.15) is 0 Å². The minimum Gasteiger partial charge on any atom is -0.481 e. The summed E-state index contributed by atoms with van der Waals surface area (Å²) >= 11 is 0. The van der Waals surface area contributed by atoms with E-state index < -0.39 is 17.9 Å². The number of nitrogens with one attached hydrogen (secondary N) is 1. The number of carboxylic acid groups (broad SMARTS) is 1.